The van der Waals surface area contributed by atoms with E-state index in [2.05, 4.69) is 25.6 Å². The lowest BCUT2D eigenvalue weighted by molar-refractivity contribution is 0.0951. The summed E-state index contributed by atoms with van der Waals surface area (Å²) in [6, 6.07) is 22.0. The number of nitrogens with one attached hydrogen (secondary N) is 2. The van der Waals surface area contributed by atoms with Crippen molar-refractivity contribution in [1.82, 2.24) is 20.3 Å². The Labute approximate surface area is 212 Å². The first-order chi connectivity index (χ1) is 17.1. The number of benzene rings is 3. The molecular weight excluding hydrogens is 481 g/mol. The number of aromatic nitrogens is 3. The number of hydrogen-bond donors (Lipinski definition) is 2. The number of carbonyl (C=O) groups excluding carboxylic acids is 1. The van der Waals surface area contributed by atoms with Crippen molar-refractivity contribution in [3.8, 4) is 11.4 Å². The van der Waals surface area contributed by atoms with Gasteiger partial charge in [-0.1, -0.05) is 47.5 Å². The summed E-state index contributed by atoms with van der Waals surface area (Å²) in [6.07, 6.45) is 5.15. The Morgan fingerprint density at radius 3 is 2.57 bits per heavy atom. The van der Waals surface area contributed by atoms with Crippen molar-refractivity contribution in [1.29, 1.82) is 0 Å². The summed E-state index contributed by atoms with van der Waals surface area (Å²) in [5.41, 5.74) is 4.23. The molecule has 2 heterocycles. The van der Waals surface area contributed by atoms with Gasteiger partial charge in [-0.15, -0.1) is 0 Å². The topological polar surface area (TPSA) is 79.8 Å². The van der Waals surface area contributed by atoms with Crippen LogP contribution in [-0.4, -0.2) is 20.9 Å². The van der Waals surface area contributed by atoms with Crippen molar-refractivity contribution in [3.63, 3.8) is 0 Å². The van der Waals surface area contributed by atoms with Crippen LogP contribution in [0.15, 0.2) is 91.4 Å². The van der Waals surface area contributed by atoms with E-state index in [-0.39, 0.29) is 5.91 Å². The number of amides is 1. The van der Waals surface area contributed by atoms with E-state index in [0.717, 1.165) is 16.5 Å². The smallest absolute Gasteiger partial charge is 0.253 e. The van der Waals surface area contributed by atoms with Gasteiger partial charge in [0.1, 0.15) is 0 Å². The van der Waals surface area contributed by atoms with Gasteiger partial charge < -0.3 is 10.6 Å². The highest BCUT2D eigenvalue weighted by atomic mass is 35.5. The minimum atomic E-state index is -0.213. The number of carbonyl (C=O) groups is 1. The fraction of sp³-hybridized carbons (Fsp3) is 0.0370. The third kappa shape index (κ3) is 5.24. The van der Waals surface area contributed by atoms with Crippen molar-refractivity contribution in [2.45, 2.75) is 6.54 Å². The van der Waals surface area contributed by atoms with E-state index >= 15 is 0 Å². The lowest BCUT2D eigenvalue weighted by Gasteiger charge is -2.15. The molecule has 5 rings (SSSR count). The minimum Gasteiger partial charge on any atom is -0.354 e. The van der Waals surface area contributed by atoms with Gasteiger partial charge in [-0.2, -0.15) is 0 Å². The van der Waals surface area contributed by atoms with Crippen molar-refractivity contribution in [3.05, 3.63) is 113 Å². The largest absolute Gasteiger partial charge is 0.354 e. The SMILES string of the molecule is O=C(NCc1cccc(Cl)c1)c1ccccc1Nc1cc(Cl)cc2nc(-c3cccnc3)ncc12. The summed E-state index contributed by atoms with van der Waals surface area (Å²) in [4.78, 5) is 26.3. The molecule has 0 saturated carbocycles. The lowest BCUT2D eigenvalue weighted by Crippen LogP contribution is -2.23. The van der Waals surface area contributed by atoms with E-state index in [1.54, 1.807) is 42.9 Å². The molecule has 0 aliphatic heterocycles. The average molecular weight is 500 g/mol. The van der Waals surface area contributed by atoms with E-state index in [1.165, 1.54) is 0 Å². The summed E-state index contributed by atoms with van der Waals surface area (Å²) in [5, 5.41) is 8.21. The van der Waals surface area contributed by atoms with Crippen molar-refractivity contribution in [2.24, 2.45) is 0 Å². The molecule has 172 valence electrons. The van der Waals surface area contributed by atoms with Gasteiger partial charge in [0.2, 0.25) is 0 Å². The number of hydrogen-bond acceptors (Lipinski definition) is 5. The zero-order valence-electron chi connectivity index (χ0n) is 18.4. The van der Waals surface area contributed by atoms with Crippen LogP contribution in [0.2, 0.25) is 10.0 Å². The summed E-state index contributed by atoms with van der Waals surface area (Å²) in [7, 11) is 0. The molecule has 0 unspecified atom stereocenters. The molecule has 0 spiro atoms. The quantitative estimate of drug-likeness (QED) is 0.272. The Kier molecular flexibility index (Phi) is 6.57. The number of fused-ring (bicyclic) bond motifs is 1. The fourth-order valence-electron chi connectivity index (χ4n) is 3.70. The van der Waals surface area contributed by atoms with Gasteiger partial charge in [0.25, 0.3) is 5.91 Å². The molecule has 0 radical (unpaired) electrons. The summed E-state index contributed by atoms with van der Waals surface area (Å²) >= 11 is 12.5. The molecule has 6 nitrogen and oxygen atoms in total. The Morgan fingerprint density at radius 2 is 1.74 bits per heavy atom. The van der Waals surface area contributed by atoms with Crippen LogP contribution in [0.5, 0.6) is 0 Å². The van der Waals surface area contributed by atoms with Gasteiger partial charge in [-0.05, 0) is 54.1 Å². The fourth-order valence-corrected chi connectivity index (χ4v) is 4.12. The van der Waals surface area contributed by atoms with Crippen LogP contribution < -0.4 is 10.6 Å². The molecule has 0 bridgehead atoms. The third-order valence-corrected chi connectivity index (χ3v) is 5.82. The van der Waals surface area contributed by atoms with Crippen LogP contribution in [0.1, 0.15) is 15.9 Å². The highest BCUT2D eigenvalue weighted by Crippen LogP contribution is 2.31. The maximum atomic E-state index is 13.0. The van der Waals surface area contributed by atoms with Gasteiger partial charge in [0, 0.05) is 46.1 Å². The number of halogens is 2. The minimum absolute atomic E-state index is 0.213. The molecule has 2 N–H and O–H groups in total. The predicted molar refractivity (Wildman–Crippen MR) is 140 cm³/mol. The van der Waals surface area contributed by atoms with Crippen LogP contribution in [-0.2, 0) is 6.54 Å². The average Bonchev–Trinajstić information content (AvgIpc) is 2.88. The molecule has 8 heteroatoms. The number of anilines is 2. The molecule has 1 amide bonds. The highest BCUT2D eigenvalue weighted by Gasteiger charge is 2.14. The molecule has 0 saturated heterocycles. The van der Waals surface area contributed by atoms with E-state index in [1.807, 2.05) is 48.5 Å². The highest BCUT2D eigenvalue weighted by molar-refractivity contribution is 6.32. The van der Waals surface area contributed by atoms with Crippen LogP contribution in [0, 0.1) is 0 Å². The number of rotatable bonds is 6. The molecule has 0 aliphatic rings. The molecule has 35 heavy (non-hydrogen) atoms. The van der Waals surface area contributed by atoms with E-state index in [4.69, 9.17) is 23.2 Å². The third-order valence-electron chi connectivity index (χ3n) is 5.37. The van der Waals surface area contributed by atoms with Crippen molar-refractivity contribution in [2.75, 3.05) is 5.32 Å². The standard InChI is InChI=1S/C27H19Cl2N5O/c28-19-7-3-5-17(11-19)14-32-27(35)21-8-1-2-9-23(21)33-24-12-20(29)13-25-22(24)16-31-26(34-25)18-6-4-10-30-15-18/h1-13,15-16,33H,14H2,(H,32,35). The maximum absolute atomic E-state index is 13.0. The van der Waals surface area contributed by atoms with Crippen LogP contribution in [0.25, 0.3) is 22.3 Å². The van der Waals surface area contributed by atoms with Gasteiger partial charge in [-0.3, -0.25) is 9.78 Å². The number of pyridine rings is 1. The van der Waals surface area contributed by atoms with Crippen LogP contribution in [0.3, 0.4) is 0 Å². The first-order valence-corrected chi connectivity index (χ1v) is 11.6. The second kappa shape index (κ2) is 10.1. The molecule has 0 fully saturated rings. The van der Waals surface area contributed by atoms with E-state index < -0.39 is 0 Å². The van der Waals surface area contributed by atoms with Gasteiger partial charge in [-0.25, -0.2) is 9.97 Å². The zero-order chi connectivity index (χ0) is 24.2. The van der Waals surface area contributed by atoms with Gasteiger partial charge in [0.05, 0.1) is 22.5 Å². The summed E-state index contributed by atoms with van der Waals surface area (Å²) in [5.74, 6) is 0.342. The van der Waals surface area contributed by atoms with Crippen molar-refractivity contribution < 1.29 is 4.79 Å². The number of para-hydroxylation sites is 1. The van der Waals surface area contributed by atoms with E-state index in [0.29, 0.717) is 44.9 Å². The predicted octanol–water partition coefficient (Wildman–Crippen LogP) is 6.67. The monoisotopic (exact) mass is 499 g/mol. The van der Waals surface area contributed by atoms with Crippen LogP contribution in [0.4, 0.5) is 11.4 Å². The second-order valence-electron chi connectivity index (χ2n) is 7.80. The molecule has 2 aromatic heterocycles. The first-order valence-electron chi connectivity index (χ1n) is 10.8. The van der Waals surface area contributed by atoms with Gasteiger partial charge >= 0.3 is 0 Å². The zero-order valence-corrected chi connectivity index (χ0v) is 19.9. The molecule has 3 aromatic carbocycles. The van der Waals surface area contributed by atoms with Crippen LogP contribution >= 0.6 is 23.2 Å². The second-order valence-corrected chi connectivity index (χ2v) is 8.68. The Morgan fingerprint density at radius 1 is 0.857 bits per heavy atom. The normalized spacial score (nSPS) is 10.8. The van der Waals surface area contributed by atoms with Crippen molar-refractivity contribution >= 4 is 51.4 Å². The molecule has 5 aromatic rings. The summed E-state index contributed by atoms with van der Waals surface area (Å²) in [6.45, 7) is 0.360. The number of nitrogens with zero attached hydrogens (tertiary/aromatic N) is 3. The Bertz CT molecular complexity index is 1530. The van der Waals surface area contributed by atoms with E-state index in [9.17, 15) is 4.79 Å². The molecular formula is C27H19Cl2N5O. The lowest BCUT2D eigenvalue weighted by atomic mass is 10.1. The molecule has 0 aliphatic carbocycles. The maximum Gasteiger partial charge on any atom is 0.253 e. The first kappa shape index (κ1) is 22.8. The Hall–Kier alpha value is -4.00. The van der Waals surface area contributed by atoms with Gasteiger partial charge in [0.15, 0.2) is 5.82 Å². The Balaban J connectivity index is 1.43. The molecule has 0 atom stereocenters. The summed E-state index contributed by atoms with van der Waals surface area (Å²) < 4.78 is 0.